The fourth-order valence-corrected chi connectivity index (χ4v) is 3.77. The Morgan fingerprint density at radius 1 is 1.13 bits per heavy atom. The first-order valence-electron chi connectivity index (χ1n) is 9.72. The van der Waals surface area contributed by atoms with E-state index in [1.54, 1.807) is 36.4 Å². The van der Waals surface area contributed by atoms with Crippen LogP contribution in [0.4, 0.5) is 4.39 Å². The molecule has 0 bridgehead atoms. The van der Waals surface area contributed by atoms with Crippen LogP contribution in [0.5, 0.6) is 17.2 Å². The number of carboxylic acid groups (broad SMARTS) is 1. The Morgan fingerprint density at radius 3 is 2.71 bits per heavy atom. The average molecular weight is 443 g/mol. The zero-order valence-electron chi connectivity index (χ0n) is 16.7. The van der Waals surface area contributed by atoms with Gasteiger partial charge >= 0.3 is 5.97 Å². The van der Waals surface area contributed by atoms with Gasteiger partial charge in [-0.25, -0.2) is 4.39 Å². The highest BCUT2D eigenvalue weighted by Gasteiger charge is 2.24. The lowest BCUT2D eigenvalue weighted by atomic mass is 10.0. The lowest BCUT2D eigenvalue weighted by Crippen LogP contribution is -2.21. The second kappa shape index (κ2) is 8.86. The molecule has 3 aromatic carbocycles. The van der Waals surface area contributed by atoms with Gasteiger partial charge in [-0.2, -0.15) is 0 Å². The van der Waals surface area contributed by atoms with Crippen LogP contribution in [-0.4, -0.2) is 24.8 Å². The van der Waals surface area contributed by atoms with E-state index in [2.05, 4.69) is 0 Å². The molecular weight excluding hydrogens is 423 g/mol. The molecule has 0 aliphatic carbocycles. The van der Waals surface area contributed by atoms with E-state index in [0.717, 1.165) is 11.1 Å². The third-order valence-corrected chi connectivity index (χ3v) is 5.44. The van der Waals surface area contributed by atoms with Gasteiger partial charge in [0.05, 0.1) is 7.11 Å². The summed E-state index contributed by atoms with van der Waals surface area (Å²) in [5.41, 5.74) is 2.55. The second-order valence-electron chi connectivity index (χ2n) is 7.18. The molecule has 0 fully saturated rings. The zero-order valence-corrected chi connectivity index (χ0v) is 17.5. The van der Waals surface area contributed by atoms with Gasteiger partial charge in [-0.1, -0.05) is 29.8 Å². The first kappa shape index (κ1) is 21.0. The fraction of sp³-hybridized carbons (Fsp3) is 0.208. The largest absolute Gasteiger partial charge is 0.497 e. The van der Waals surface area contributed by atoms with E-state index in [-0.39, 0.29) is 6.42 Å². The summed E-state index contributed by atoms with van der Waals surface area (Å²) in [6.07, 6.45) is 0.0495. The molecule has 0 saturated carbocycles. The smallest absolute Gasteiger partial charge is 0.303 e. The average Bonchev–Trinajstić information content (AvgIpc) is 2.77. The Bertz CT molecular complexity index is 1130. The predicted molar refractivity (Wildman–Crippen MR) is 115 cm³/mol. The van der Waals surface area contributed by atoms with E-state index in [1.807, 2.05) is 12.1 Å². The van der Waals surface area contributed by atoms with Crippen molar-refractivity contribution in [1.82, 2.24) is 0 Å². The number of hydrogen-bond acceptors (Lipinski definition) is 4. The number of rotatable bonds is 6. The minimum absolute atomic E-state index is 0.0426. The summed E-state index contributed by atoms with van der Waals surface area (Å²) in [7, 11) is 1.52. The zero-order chi connectivity index (χ0) is 22.0. The summed E-state index contributed by atoms with van der Waals surface area (Å²) in [6.45, 7) is 0.296. The molecule has 4 rings (SSSR count). The minimum atomic E-state index is -0.852. The molecular formula is C24H20ClFO5. The lowest BCUT2D eigenvalue weighted by molar-refractivity contribution is -0.136. The summed E-state index contributed by atoms with van der Waals surface area (Å²) in [5.74, 6) is 0.455. The molecule has 1 aliphatic rings. The summed E-state index contributed by atoms with van der Waals surface area (Å²) < 4.78 is 31.4. The molecule has 1 N–H and O–H groups in total. The molecule has 0 saturated heterocycles. The molecule has 7 heteroatoms. The Morgan fingerprint density at radius 2 is 1.97 bits per heavy atom. The molecule has 0 radical (unpaired) electrons. The van der Waals surface area contributed by atoms with E-state index in [9.17, 15) is 9.18 Å². The summed E-state index contributed by atoms with van der Waals surface area (Å²) in [4.78, 5) is 10.8. The van der Waals surface area contributed by atoms with Crippen LogP contribution in [0, 0.1) is 5.82 Å². The van der Waals surface area contributed by atoms with Crippen molar-refractivity contribution in [3.63, 3.8) is 0 Å². The van der Waals surface area contributed by atoms with Crippen LogP contribution in [0.3, 0.4) is 0 Å². The van der Waals surface area contributed by atoms with E-state index in [1.165, 1.54) is 13.2 Å². The monoisotopic (exact) mass is 442 g/mol. The maximum absolute atomic E-state index is 14.3. The van der Waals surface area contributed by atoms with Crippen molar-refractivity contribution in [3.05, 3.63) is 76.6 Å². The predicted octanol–water partition coefficient (Wildman–Crippen LogP) is 5.68. The molecule has 160 valence electrons. The number of methoxy groups -OCH3 is 1. The normalized spacial score (nSPS) is 14.9. The van der Waals surface area contributed by atoms with Crippen LogP contribution in [0.2, 0.25) is 5.02 Å². The summed E-state index contributed by atoms with van der Waals surface area (Å²) in [5, 5.41) is 9.27. The van der Waals surface area contributed by atoms with E-state index < -0.39 is 17.9 Å². The SMILES string of the molecule is COc1ccc(F)c(-c2ccc(C3COc4ccc(CCC(=O)O)cc4O3)cc2Cl)c1. The number of benzene rings is 3. The lowest BCUT2D eigenvalue weighted by Gasteiger charge is -2.27. The topological polar surface area (TPSA) is 65.0 Å². The molecule has 1 aliphatic heterocycles. The highest BCUT2D eigenvalue weighted by atomic mass is 35.5. The van der Waals surface area contributed by atoms with E-state index >= 15 is 0 Å². The number of fused-ring (bicyclic) bond motifs is 1. The van der Waals surface area contributed by atoms with Gasteiger partial charge in [-0.05, 0) is 53.9 Å². The number of carbonyl (C=O) groups is 1. The maximum atomic E-state index is 14.3. The van der Waals surface area contributed by atoms with Gasteiger partial charge in [-0.3, -0.25) is 4.79 Å². The Hall–Kier alpha value is -3.25. The molecule has 1 unspecified atom stereocenters. The Labute approximate surface area is 183 Å². The summed E-state index contributed by atoms with van der Waals surface area (Å²) >= 11 is 6.49. The molecule has 0 spiro atoms. The number of aryl methyl sites for hydroxylation is 1. The fourth-order valence-electron chi connectivity index (χ4n) is 3.48. The van der Waals surface area contributed by atoms with Crippen LogP contribution in [0.25, 0.3) is 11.1 Å². The van der Waals surface area contributed by atoms with Crippen molar-refractivity contribution in [2.24, 2.45) is 0 Å². The van der Waals surface area contributed by atoms with Crippen molar-refractivity contribution in [3.8, 4) is 28.4 Å². The molecule has 3 aromatic rings. The standard InChI is InChI=1S/C24H20ClFO5/c1-29-16-5-7-20(26)18(12-16)17-6-4-15(11-19(17)25)23-13-30-21-8-2-14(3-9-24(27)28)10-22(21)31-23/h2,4-8,10-12,23H,3,9,13H2,1H3,(H,27,28). The highest BCUT2D eigenvalue weighted by Crippen LogP contribution is 2.39. The second-order valence-corrected chi connectivity index (χ2v) is 7.58. The highest BCUT2D eigenvalue weighted by molar-refractivity contribution is 6.33. The Kier molecular flexibility index (Phi) is 6.00. The van der Waals surface area contributed by atoms with Crippen LogP contribution in [-0.2, 0) is 11.2 Å². The van der Waals surface area contributed by atoms with Gasteiger partial charge in [0.2, 0.25) is 0 Å². The molecule has 0 aromatic heterocycles. The number of aliphatic carboxylic acids is 1. The van der Waals surface area contributed by atoms with E-state index in [0.29, 0.717) is 46.4 Å². The van der Waals surface area contributed by atoms with Crippen molar-refractivity contribution in [2.75, 3.05) is 13.7 Å². The molecule has 1 heterocycles. The van der Waals surface area contributed by atoms with Gasteiger partial charge in [0, 0.05) is 22.6 Å². The maximum Gasteiger partial charge on any atom is 0.303 e. The van der Waals surface area contributed by atoms with Crippen molar-refractivity contribution in [2.45, 2.75) is 18.9 Å². The number of halogens is 2. The van der Waals surface area contributed by atoms with Gasteiger partial charge in [-0.15, -0.1) is 0 Å². The van der Waals surface area contributed by atoms with Crippen molar-refractivity contribution < 1.29 is 28.5 Å². The number of ether oxygens (including phenoxy) is 3. The summed E-state index contributed by atoms with van der Waals surface area (Å²) in [6, 6.07) is 15.2. The molecule has 1 atom stereocenters. The van der Waals surface area contributed by atoms with Crippen LogP contribution in [0.15, 0.2) is 54.6 Å². The minimum Gasteiger partial charge on any atom is -0.497 e. The molecule has 0 amide bonds. The number of carboxylic acids is 1. The molecule has 31 heavy (non-hydrogen) atoms. The van der Waals surface area contributed by atoms with Gasteiger partial charge < -0.3 is 19.3 Å². The third-order valence-electron chi connectivity index (χ3n) is 5.12. The van der Waals surface area contributed by atoms with Crippen molar-refractivity contribution in [1.29, 1.82) is 0 Å². The third kappa shape index (κ3) is 4.59. The van der Waals surface area contributed by atoms with E-state index in [4.69, 9.17) is 30.9 Å². The quantitative estimate of drug-likeness (QED) is 0.531. The van der Waals surface area contributed by atoms with Crippen LogP contribution in [0.1, 0.15) is 23.7 Å². The van der Waals surface area contributed by atoms with Crippen LogP contribution < -0.4 is 14.2 Å². The van der Waals surface area contributed by atoms with Gasteiger partial charge in [0.25, 0.3) is 0 Å². The van der Waals surface area contributed by atoms with Crippen LogP contribution >= 0.6 is 11.6 Å². The van der Waals surface area contributed by atoms with Gasteiger partial charge in [0.15, 0.2) is 17.6 Å². The number of hydrogen-bond donors (Lipinski definition) is 1. The Balaban J connectivity index is 1.57. The van der Waals surface area contributed by atoms with Crippen molar-refractivity contribution >= 4 is 17.6 Å². The first-order valence-corrected chi connectivity index (χ1v) is 10.1. The van der Waals surface area contributed by atoms with Gasteiger partial charge in [0.1, 0.15) is 18.2 Å². The molecule has 5 nitrogen and oxygen atoms in total. The first-order chi connectivity index (χ1) is 14.9.